The number of quaternary nitrogens is 1. The molecule has 11 heteroatoms. The number of imide groups is 1. The highest BCUT2D eigenvalue weighted by Crippen LogP contribution is 2.52. The molecule has 3 aromatic carbocycles. The molecule has 4 rings (SSSR count). The number of likely N-dealkylation sites (tertiary alicyclic amines) is 1. The number of alkyl carbamates (subject to hydrolysis) is 1. The fourth-order valence-corrected chi connectivity index (χ4v) is 7.44. The highest BCUT2D eigenvalue weighted by molar-refractivity contribution is 7.53. The number of carbonyl (C=O) groups is 3. The zero-order valence-electron chi connectivity index (χ0n) is 26.3. The van der Waals surface area contributed by atoms with E-state index in [0.717, 1.165) is 16.7 Å². The summed E-state index contributed by atoms with van der Waals surface area (Å²) >= 11 is 0. The third kappa shape index (κ3) is 9.84. The summed E-state index contributed by atoms with van der Waals surface area (Å²) in [5.41, 5.74) is 2.60. The first kappa shape index (κ1) is 35.0. The van der Waals surface area contributed by atoms with Gasteiger partial charge < -0.3 is 19.7 Å². The van der Waals surface area contributed by atoms with Crippen molar-refractivity contribution in [1.82, 2.24) is 5.32 Å². The second-order valence-electron chi connectivity index (χ2n) is 11.6. The van der Waals surface area contributed by atoms with Gasteiger partial charge in [-0.05, 0) is 49.3 Å². The van der Waals surface area contributed by atoms with Gasteiger partial charge in [-0.3, -0.25) is 9.09 Å². The molecule has 0 radical (unpaired) electrons. The average molecular weight is 652 g/mol. The van der Waals surface area contributed by atoms with Gasteiger partial charge in [0.25, 0.3) is 0 Å². The Morgan fingerprint density at radius 3 is 2.04 bits per heavy atom. The third-order valence-electron chi connectivity index (χ3n) is 8.35. The Balaban J connectivity index is 1.45. The summed E-state index contributed by atoms with van der Waals surface area (Å²) < 4.78 is 31.0. The van der Waals surface area contributed by atoms with Crippen LogP contribution in [-0.4, -0.2) is 59.1 Å². The van der Waals surface area contributed by atoms with Crippen LogP contribution >= 0.6 is 7.60 Å². The largest absolute Gasteiger partial charge is 0.521 e. The summed E-state index contributed by atoms with van der Waals surface area (Å²) in [6.45, 7) is 2.33. The number of nitrogens with zero attached hydrogens (tertiary/aromatic N) is 1. The number of hydrogen-bond donors (Lipinski definition) is 2. The molecular weight excluding hydrogens is 607 g/mol. The summed E-state index contributed by atoms with van der Waals surface area (Å²) in [4.78, 5) is 38.9. The van der Waals surface area contributed by atoms with Crippen LogP contribution in [0, 0.1) is 0 Å². The minimum atomic E-state index is -3.90. The zero-order valence-corrected chi connectivity index (χ0v) is 27.2. The molecular formula is C35H44N2O8P+. The average Bonchev–Trinajstić information content (AvgIpc) is 3.48. The molecule has 1 fully saturated rings. The van der Waals surface area contributed by atoms with Crippen LogP contribution in [0.1, 0.15) is 55.7 Å². The van der Waals surface area contributed by atoms with Crippen molar-refractivity contribution in [2.45, 2.75) is 70.8 Å². The van der Waals surface area contributed by atoms with Gasteiger partial charge in [-0.1, -0.05) is 91.0 Å². The van der Waals surface area contributed by atoms with E-state index in [4.69, 9.17) is 13.8 Å². The Morgan fingerprint density at radius 2 is 1.48 bits per heavy atom. The first-order valence-corrected chi connectivity index (χ1v) is 17.5. The number of nitrogens with one attached hydrogen (secondary N) is 1. The topological polar surface area (TPSA) is 128 Å². The van der Waals surface area contributed by atoms with Gasteiger partial charge in [0.1, 0.15) is 12.6 Å². The maximum Gasteiger partial charge on any atom is 0.521 e. The van der Waals surface area contributed by atoms with Gasteiger partial charge in [0.05, 0.1) is 19.3 Å². The van der Waals surface area contributed by atoms with Gasteiger partial charge in [-0.15, -0.1) is 0 Å². The minimum absolute atomic E-state index is 0.0121. The number of benzene rings is 3. The van der Waals surface area contributed by atoms with Crippen LogP contribution < -0.4 is 5.32 Å². The lowest BCUT2D eigenvalue weighted by molar-refractivity contribution is -0.794. The standard InChI is InChI=1S/C35H43N2O8P/c1-28-14-13-24-37(28,35(40)41)33(38)32(21-11-12-23-36-34(39)43-26-30-17-7-3-8-18-30)45-46(42,25-22-29-15-5-2-6-16-29)44-27-31-19-9-4-10-20-31/h2-10,15-20,28,32H,11-14,21-27H2,1H3,(H-,36,39,40,41)/p+1/t28-,32+,37?,46?/m1/s1. The SMILES string of the molecule is C[C@@H]1CCC[N+]1(C(=O)O)C(=O)[C@H](CCCCNC(=O)OCc1ccccc1)OP(=O)(CCc1ccccc1)OCc1ccccc1. The number of aryl methyl sites for hydroxylation is 1. The van der Waals surface area contributed by atoms with Crippen molar-refractivity contribution in [3.05, 3.63) is 108 Å². The number of ether oxygens (including phenoxy) is 1. The van der Waals surface area contributed by atoms with E-state index in [1.54, 1.807) is 6.92 Å². The van der Waals surface area contributed by atoms with Gasteiger partial charge in [0, 0.05) is 19.4 Å². The van der Waals surface area contributed by atoms with Gasteiger partial charge in [0.2, 0.25) is 0 Å². The monoisotopic (exact) mass is 651 g/mol. The van der Waals surface area contributed by atoms with E-state index in [1.165, 1.54) is 0 Å². The molecule has 3 amide bonds. The van der Waals surface area contributed by atoms with Crippen molar-refractivity contribution in [2.24, 2.45) is 0 Å². The molecule has 46 heavy (non-hydrogen) atoms. The zero-order chi connectivity index (χ0) is 32.8. The Morgan fingerprint density at radius 1 is 0.891 bits per heavy atom. The fourth-order valence-electron chi connectivity index (χ4n) is 5.68. The molecule has 3 aromatic rings. The lowest BCUT2D eigenvalue weighted by atomic mass is 10.1. The van der Waals surface area contributed by atoms with Crippen LogP contribution in [0.2, 0.25) is 0 Å². The summed E-state index contributed by atoms with van der Waals surface area (Å²) in [5, 5.41) is 13.0. The number of rotatable bonds is 16. The smallest absolute Gasteiger partial charge is 0.445 e. The number of carbonyl (C=O) groups excluding carboxylic acids is 2. The number of amides is 3. The maximum atomic E-state index is 14.4. The Hall–Kier alpha value is -3.82. The van der Waals surface area contributed by atoms with Gasteiger partial charge >= 0.3 is 25.7 Å². The minimum Gasteiger partial charge on any atom is -0.445 e. The summed E-state index contributed by atoms with van der Waals surface area (Å²) in [7, 11) is -3.90. The first-order valence-electron chi connectivity index (χ1n) is 15.8. The van der Waals surface area contributed by atoms with Crippen LogP contribution in [0.3, 0.4) is 0 Å². The Labute approximate surface area is 270 Å². The maximum absolute atomic E-state index is 14.4. The molecule has 0 saturated carbocycles. The third-order valence-corrected chi connectivity index (χ3v) is 10.2. The number of hydrogen-bond acceptors (Lipinski definition) is 7. The van der Waals surface area contributed by atoms with E-state index < -0.39 is 42.3 Å². The van der Waals surface area contributed by atoms with Crippen LogP contribution in [0.25, 0.3) is 0 Å². The predicted molar refractivity (Wildman–Crippen MR) is 174 cm³/mol. The molecule has 2 N–H and O–H groups in total. The van der Waals surface area contributed by atoms with Crippen LogP contribution in [0.5, 0.6) is 0 Å². The van der Waals surface area contributed by atoms with E-state index in [-0.39, 0.29) is 38.9 Å². The number of unbranched alkanes of at least 4 members (excludes halogenated alkanes) is 1. The number of carboxylic acid groups (broad SMARTS) is 1. The van der Waals surface area contributed by atoms with Gasteiger partial charge in [0.15, 0.2) is 6.10 Å². The highest BCUT2D eigenvalue weighted by atomic mass is 31.2. The molecule has 0 aromatic heterocycles. The summed E-state index contributed by atoms with van der Waals surface area (Å²) in [5.74, 6) is -0.629. The highest BCUT2D eigenvalue weighted by Gasteiger charge is 2.56. The van der Waals surface area contributed by atoms with E-state index in [9.17, 15) is 24.1 Å². The van der Waals surface area contributed by atoms with Crippen molar-refractivity contribution < 1.29 is 42.3 Å². The van der Waals surface area contributed by atoms with E-state index in [0.29, 0.717) is 32.1 Å². The molecule has 1 saturated heterocycles. The van der Waals surface area contributed by atoms with Gasteiger partial charge in [-0.25, -0.2) is 9.59 Å². The van der Waals surface area contributed by atoms with Crippen molar-refractivity contribution in [3.63, 3.8) is 0 Å². The fraction of sp³-hybridized carbons (Fsp3) is 0.400. The molecule has 0 spiro atoms. The van der Waals surface area contributed by atoms with Crippen LogP contribution in [0.4, 0.5) is 9.59 Å². The molecule has 0 bridgehead atoms. The predicted octanol–water partition coefficient (Wildman–Crippen LogP) is 7.32. The van der Waals surface area contributed by atoms with Crippen molar-refractivity contribution >= 4 is 25.7 Å². The van der Waals surface area contributed by atoms with Gasteiger partial charge in [-0.2, -0.15) is 9.28 Å². The molecule has 2 unspecified atom stereocenters. The Kier molecular flexibility index (Phi) is 13.1. The quantitative estimate of drug-likeness (QED) is 0.0937. The van der Waals surface area contributed by atoms with Crippen molar-refractivity contribution in [3.8, 4) is 0 Å². The van der Waals surface area contributed by atoms with E-state index in [2.05, 4.69) is 5.32 Å². The van der Waals surface area contributed by atoms with Crippen LogP contribution in [-0.2, 0) is 42.8 Å². The van der Waals surface area contributed by atoms with Crippen molar-refractivity contribution in [1.29, 1.82) is 0 Å². The summed E-state index contributed by atoms with van der Waals surface area (Å²) in [6, 6.07) is 27.6. The first-order chi connectivity index (χ1) is 22.2. The molecule has 1 aliphatic heterocycles. The van der Waals surface area contributed by atoms with E-state index >= 15 is 0 Å². The summed E-state index contributed by atoms with van der Waals surface area (Å²) in [6.07, 6.45) is -0.528. The van der Waals surface area contributed by atoms with E-state index in [1.807, 2.05) is 91.0 Å². The Bertz CT molecular complexity index is 1410. The molecule has 0 aliphatic carbocycles. The second-order valence-corrected chi connectivity index (χ2v) is 13.8. The van der Waals surface area contributed by atoms with Crippen LogP contribution in [0.15, 0.2) is 91.0 Å². The van der Waals surface area contributed by atoms with Crippen molar-refractivity contribution in [2.75, 3.05) is 19.3 Å². The normalized spacial score (nSPS) is 19.5. The second kappa shape index (κ2) is 17.2. The molecule has 1 heterocycles. The lowest BCUT2D eigenvalue weighted by Gasteiger charge is -2.33. The molecule has 4 atom stereocenters. The molecule has 10 nitrogen and oxygen atoms in total. The molecule has 1 aliphatic rings. The lowest BCUT2D eigenvalue weighted by Crippen LogP contribution is -2.62. The molecule has 246 valence electrons.